The maximum absolute atomic E-state index is 11.0. The number of unbranched alkanes of at least 4 members (excludes halogenated alkanes) is 1. The van der Waals surface area contributed by atoms with E-state index < -0.39 is 12.0 Å². The zero-order chi connectivity index (χ0) is 11.0. The highest BCUT2D eigenvalue weighted by atomic mass is 127. The topological polar surface area (TPSA) is 92.4 Å². The predicted molar refractivity (Wildman–Crippen MR) is 61.4 cm³/mol. The summed E-state index contributed by atoms with van der Waals surface area (Å²) in [5.41, 5.74) is 5.28. The number of nitrogens with one attached hydrogen (secondary N) is 1. The molecule has 0 aliphatic rings. The Labute approximate surface area is 96.6 Å². The quantitative estimate of drug-likeness (QED) is 0.353. The zero-order valence-electron chi connectivity index (χ0n) is 7.83. The van der Waals surface area contributed by atoms with Crippen molar-refractivity contribution in [2.24, 2.45) is 5.73 Å². The molecule has 0 aromatic carbocycles. The first-order chi connectivity index (χ1) is 6.61. The molecular formula is C8H15IN2O3. The lowest BCUT2D eigenvalue weighted by Crippen LogP contribution is -2.41. The van der Waals surface area contributed by atoms with Crippen molar-refractivity contribution in [2.75, 3.05) is 11.0 Å². The van der Waals surface area contributed by atoms with E-state index in [1.807, 2.05) is 22.6 Å². The fraction of sp³-hybridized carbons (Fsp3) is 0.750. The maximum atomic E-state index is 11.0. The number of nitrogens with two attached hydrogens (primary N) is 1. The van der Waals surface area contributed by atoms with E-state index in [4.69, 9.17) is 10.8 Å². The summed E-state index contributed by atoms with van der Waals surface area (Å²) in [6.45, 7) is 0.548. The number of alkyl halides is 1. The molecule has 0 aromatic rings. The Kier molecular flexibility index (Phi) is 7.77. The van der Waals surface area contributed by atoms with Crippen LogP contribution in [0.1, 0.15) is 19.3 Å². The molecule has 14 heavy (non-hydrogen) atoms. The van der Waals surface area contributed by atoms with Gasteiger partial charge in [0.05, 0.1) is 4.43 Å². The van der Waals surface area contributed by atoms with Crippen LogP contribution in [0.2, 0.25) is 0 Å². The van der Waals surface area contributed by atoms with Crippen molar-refractivity contribution in [3.8, 4) is 0 Å². The van der Waals surface area contributed by atoms with Gasteiger partial charge in [-0.1, -0.05) is 22.6 Å². The van der Waals surface area contributed by atoms with E-state index in [9.17, 15) is 9.59 Å². The van der Waals surface area contributed by atoms with Crippen LogP contribution in [-0.4, -0.2) is 34.0 Å². The van der Waals surface area contributed by atoms with Crippen molar-refractivity contribution in [1.29, 1.82) is 0 Å². The number of aliphatic carboxylic acids is 1. The molecular weight excluding hydrogens is 299 g/mol. The highest BCUT2D eigenvalue weighted by Crippen LogP contribution is 2.01. The molecule has 0 fully saturated rings. The second kappa shape index (κ2) is 7.98. The lowest BCUT2D eigenvalue weighted by Gasteiger charge is -2.12. The van der Waals surface area contributed by atoms with Gasteiger partial charge in [-0.3, -0.25) is 4.79 Å². The highest BCUT2D eigenvalue weighted by Gasteiger charge is 2.18. The molecule has 0 spiro atoms. The van der Waals surface area contributed by atoms with Gasteiger partial charge in [0, 0.05) is 0 Å². The Balaban J connectivity index is 3.90. The van der Waals surface area contributed by atoms with Gasteiger partial charge in [0.2, 0.25) is 5.91 Å². The standard InChI is InChI=1S/C8H15IN2O3/c9-5-7(12)11-6(8(13)14)3-1-2-4-10/h6H,1-5,10H2,(H,11,12)(H,13,14). The van der Waals surface area contributed by atoms with Gasteiger partial charge in [-0.2, -0.15) is 0 Å². The number of carbonyl (C=O) groups excluding carboxylic acids is 1. The molecule has 1 atom stereocenters. The average molecular weight is 314 g/mol. The second-order valence-corrected chi connectivity index (χ2v) is 3.64. The van der Waals surface area contributed by atoms with Crippen molar-refractivity contribution in [1.82, 2.24) is 5.32 Å². The van der Waals surface area contributed by atoms with E-state index in [-0.39, 0.29) is 10.3 Å². The molecule has 0 saturated heterocycles. The third-order valence-electron chi connectivity index (χ3n) is 1.70. The van der Waals surface area contributed by atoms with Crippen molar-refractivity contribution >= 4 is 34.5 Å². The van der Waals surface area contributed by atoms with Crippen LogP contribution in [0.5, 0.6) is 0 Å². The van der Waals surface area contributed by atoms with E-state index in [1.165, 1.54) is 0 Å². The minimum absolute atomic E-state index is 0.245. The molecule has 5 nitrogen and oxygen atoms in total. The third kappa shape index (κ3) is 6.14. The molecule has 82 valence electrons. The summed E-state index contributed by atoms with van der Waals surface area (Å²) in [5.74, 6) is -1.23. The molecule has 6 heteroatoms. The number of carboxylic acids is 1. The van der Waals surface area contributed by atoms with Crippen molar-refractivity contribution in [3.05, 3.63) is 0 Å². The Bertz CT molecular complexity index is 199. The molecule has 1 amide bonds. The lowest BCUT2D eigenvalue weighted by atomic mass is 10.1. The lowest BCUT2D eigenvalue weighted by molar-refractivity contribution is -0.141. The average Bonchev–Trinajstić information content (AvgIpc) is 2.16. The molecule has 0 aliphatic heterocycles. The number of carboxylic acid groups (broad SMARTS) is 1. The zero-order valence-corrected chi connectivity index (χ0v) is 9.99. The van der Waals surface area contributed by atoms with Crippen LogP contribution in [0.3, 0.4) is 0 Å². The molecule has 0 rings (SSSR count). The number of hydrogen-bond donors (Lipinski definition) is 3. The van der Waals surface area contributed by atoms with Crippen molar-refractivity contribution in [3.63, 3.8) is 0 Å². The highest BCUT2D eigenvalue weighted by molar-refractivity contribution is 14.1. The molecule has 0 aliphatic carbocycles. The molecule has 0 aromatic heterocycles. The fourth-order valence-electron chi connectivity index (χ4n) is 0.983. The van der Waals surface area contributed by atoms with Crippen molar-refractivity contribution < 1.29 is 14.7 Å². The van der Waals surface area contributed by atoms with Gasteiger partial charge >= 0.3 is 5.97 Å². The summed E-state index contributed by atoms with van der Waals surface area (Å²) in [6.07, 6.45) is 1.94. The van der Waals surface area contributed by atoms with Gasteiger partial charge in [-0.25, -0.2) is 4.79 Å². The minimum Gasteiger partial charge on any atom is -0.480 e. The summed E-state index contributed by atoms with van der Waals surface area (Å²) in [5, 5.41) is 11.2. The Hall–Kier alpha value is -0.370. The minimum atomic E-state index is -0.986. The van der Waals surface area contributed by atoms with Gasteiger partial charge in [0.15, 0.2) is 0 Å². The number of amides is 1. The van der Waals surface area contributed by atoms with Gasteiger partial charge < -0.3 is 16.2 Å². The van der Waals surface area contributed by atoms with Gasteiger partial charge in [-0.15, -0.1) is 0 Å². The van der Waals surface area contributed by atoms with E-state index in [2.05, 4.69) is 5.32 Å². The fourth-order valence-corrected chi connectivity index (χ4v) is 1.20. The second-order valence-electron chi connectivity index (χ2n) is 2.88. The van der Waals surface area contributed by atoms with Gasteiger partial charge in [0.1, 0.15) is 6.04 Å². The molecule has 0 radical (unpaired) electrons. The smallest absolute Gasteiger partial charge is 0.326 e. The van der Waals surface area contributed by atoms with E-state index >= 15 is 0 Å². The Morgan fingerprint density at radius 1 is 1.43 bits per heavy atom. The Morgan fingerprint density at radius 2 is 2.07 bits per heavy atom. The van der Waals surface area contributed by atoms with Gasteiger partial charge in [-0.05, 0) is 25.8 Å². The van der Waals surface area contributed by atoms with Crippen LogP contribution in [0, 0.1) is 0 Å². The third-order valence-corrected chi connectivity index (χ3v) is 2.39. The van der Waals surface area contributed by atoms with Crippen LogP contribution in [0.4, 0.5) is 0 Å². The number of hydrogen-bond acceptors (Lipinski definition) is 3. The van der Waals surface area contributed by atoms with Crippen LogP contribution < -0.4 is 11.1 Å². The first-order valence-corrected chi connectivity index (χ1v) is 5.92. The summed E-state index contributed by atoms with van der Waals surface area (Å²) in [6, 6.07) is -0.774. The molecule has 0 bridgehead atoms. The molecule has 0 saturated carbocycles. The number of carbonyl (C=O) groups is 2. The SMILES string of the molecule is NCCCCC(NC(=O)CI)C(=O)O. The Morgan fingerprint density at radius 3 is 2.50 bits per heavy atom. The normalized spacial score (nSPS) is 12.1. The summed E-state index contributed by atoms with van der Waals surface area (Å²) in [4.78, 5) is 21.6. The van der Waals surface area contributed by atoms with E-state index in [0.29, 0.717) is 13.0 Å². The monoisotopic (exact) mass is 314 g/mol. The summed E-state index contributed by atoms with van der Waals surface area (Å²) in [7, 11) is 0. The molecule has 1 unspecified atom stereocenters. The van der Waals surface area contributed by atoms with Crippen LogP contribution >= 0.6 is 22.6 Å². The first-order valence-electron chi connectivity index (χ1n) is 4.40. The maximum Gasteiger partial charge on any atom is 0.326 e. The van der Waals surface area contributed by atoms with E-state index in [0.717, 1.165) is 12.8 Å². The summed E-state index contributed by atoms with van der Waals surface area (Å²) >= 11 is 1.89. The molecule has 0 heterocycles. The van der Waals surface area contributed by atoms with E-state index in [1.54, 1.807) is 0 Å². The van der Waals surface area contributed by atoms with Crippen LogP contribution in [0.15, 0.2) is 0 Å². The molecule has 4 N–H and O–H groups in total. The van der Waals surface area contributed by atoms with Crippen LogP contribution in [0.25, 0.3) is 0 Å². The number of rotatable bonds is 7. The summed E-state index contributed by atoms with van der Waals surface area (Å²) < 4.78 is 0.276. The van der Waals surface area contributed by atoms with Crippen molar-refractivity contribution in [2.45, 2.75) is 25.3 Å². The van der Waals surface area contributed by atoms with Crippen LogP contribution in [-0.2, 0) is 9.59 Å². The first kappa shape index (κ1) is 13.6. The predicted octanol–water partition coefficient (Wildman–Crippen LogP) is 0.120. The number of halogens is 1. The van der Waals surface area contributed by atoms with Gasteiger partial charge in [0.25, 0.3) is 0 Å². The largest absolute Gasteiger partial charge is 0.480 e.